The minimum Gasteiger partial charge on any atom is -0.453 e. The fraction of sp³-hybridized carbons (Fsp3) is 0.200. The highest BCUT2D eigenvalue weighted by atomic mass is 16.5. The van der Waals surface area contributed by atoms with Crippen LogP contribution < -0.4 is 5.73 Å². The first-order chi connectivity index (χ1) is 4.77. The molecule has 5 nitrogen and oxygen atoms in total. The lowest BCUT2D eigenvalue weighted by atomic mass is 11.0. The molecule has 0 aromatic carbocycles. The van der Waals surface area contributed by atoms with Gasteiger partial charge in [0.15, 0.2) is 0 Å². The van der Waals surface area contributed by atoms with Gasteiger partial charge in [-0.2, -0.15) is 0 Å². The Balaban J connectivity index is 0.000000162. The fourth-order valence-electron chi connectivity index (χ4n) is 0.215. The van der Waals surface area contributed by atoms with E-state index in [0.717, 1.165) is 0 Å². The summed E-state index contributed by atoms with van der Waals surface area (Å²) >= 11 is 0. The van der Waals surface area contributed by atoms with Gasteiger partial charge < -0.3 is 15.5 Å². The first-order valence-electron chi connectivity index (χ1n) is 2.53. The summed E-state index contributed by atoms with van der Waals surface area (Å²) in [5.41, 5.74) is 4.43. The van der Waals surface area contributed by atoms with Crippen LogP contribution in [-0.4, -0.2) is 23.2 Å². The van der Waals surface area contributed by atoms with Gasteiger partial charge >= 0.3 is 6.09 Å². The van der Waals surface area contributed by atoms with Crippen molar-refractivity contribution < 1.29 is 9.53 Å². The van der Waals surface area contributed by atoms with Gasteiger partial charge in [-0.3, -0.25) is 0 Å². The van der Waals surface area contributed by atoms with E-state index in [2.05, 4.69) is 20.4 Å². The quantitative estimate of drug-likeness (QED) is 0.541. The van der Waals surface area contributed by atoms with Crippen LogP contribution in [0.5, 0.6) is 0 Å². The van der Waals surface area contributed by atoms with Crippen molar-refractivity contribution in [3.63, 3.8) is 0 Å². The van der Waals surface area contributed by atoms with Gasteiger partial charge in [-0.15, -0.1) is 0 Å². The summed E-state index contributed by atoms with van der Waals surface area (Å²) in [6, 6.07) is 0. The van der Waals surface area contributed by atoms with E-state index in [4.69, 9.17) is 0 Å². The standard InChI is InChI=1S/C3H4N2.C2H5NO2/c1-2-5-3-4-1;1-5-2(3)4/h1-3H,(H,4,5);1H3,(H2,3,4). The second-order valence-electron chi connectivity index (χ2n) is 1.28. The van der Waals surface area contributed by atoms with Crippen molar-refractivity contribution in [2.24, 2.45) is 5.73 Å². The molecule has 1 aromatic heterocycles. The largest absolute Gasteiger partial charge is 0.453 e. The van der Waals surface area contributed by atoms with Gasteiger partial charge in [0.05, 0.1) is 13.4 Å². The molecule has 0 atom stereocenters. The molecular weight excluding hydrogens is 134 g/mol. The number of hydrogen-bond acceptors (Lipinski definition) is 3. The lowest BCUT2D eigenvalue weighted by molar-refractivity contribution is 0.182. The number of carbonyl (C=O) groups excluding carboxylic acids is 1. The van der Waals surface area contributed by atoms with Crippen LogP contribution in [0.4, 0.5) is 4.79 Å². The number of rotatable bonds is 0. The zero-order valence-electron chi connectivity index (χ0n) is 5.57. The number of primary amides is 1. The Hall–Kier alpha value is -1.52. The molecule has 1 heterocycles. The van der Waals surface area contributed by atoms with Gasteiger partial charge in [-0.1, -0.05) is 0 Å². The molecular formula is C5H9N3O2. The minimum absolute atomic E-state index is 0.745. The Kier molecular flexibility index (Phi) is 4.76. The number of hydrogen-bond donors (Lipinski definition) is 2. The zero-order chi connectivity index (χ0) is 7.82. The van der Waals surface area contributed by atoms with Crippen LogP contribution in [0.1, 0.15) is 0 Å². The second-order valence-corrected chi connectivity index (χ2v) is 1.28. The average molecular weight is 143 g/mol. The van der Waals surface area contributed by atoms with E-state index >= 15 is 0 Å². The number of ether oxygens (including phenoxy) is 1. The number of methoxy groups -OCH3 is 1. The van der Waals surface area contributed by atoms with E-state index in [-0.39, 0.29) is 0 Å². The summed E-state index contributed by atoms with van der Waals surface area (Å²) in [6.45, 7) is 0. The molecule has 0 spiro atoms. The Labute approximate surface area is 58.2 Å². The second kappa shape index (κ2) is 5.61. The van der Waals surface area contributed by atoms with Crippen molar-refractivity contribution in [3.05, 3.63) is 18.7 Å². The molecule has 0 aliphatic rings. The summed E-state index contributed by atoms with van der Waals surface area (Å²) in [5.74, 6) is 0. The number of carbonyl (C=O) groups is 1. The van der Waals surface area contributed by atoms with Gasteiger partial charge in [0, 0.05) is 12.4 Å². The minimum atomic E-state index is -0.745. The first kappa shape index (κ1) is 8.48. The number of aromatic amines is 1. The number of nitrogens with one attached hydrogen (secondary N) is 1. The number of imidazole rings is 1. The van der Waals surface area contributed by atoms with Crippen molar-refractivity contribution in [2.45, 2.75) is 0 Å². The average Bonchev–Trinajstić information content (AvgIpc) is 2.43. The van der Waals surface area contributed by atoms with Gasteiger partial charge in [0.2, 0.25) is 0 Å². The third-order valence-corrected chi connectivity index (χ3v) is 0.607. The van der Waals surface area contributed by atoms with E-state index in [9.17, 15) is 4.79 Å². The zero-order valence-corrected chi connectivity index (χ0v) is 5.57. The maximum absolute atomic E-state index is 9.37. The highest BCUT2D eigenvalue weighted by Crippen LogP contribution is 1.62. The summed E-state index contributed by atoms with van der Waals surface area (Å²) in [5, 5.41) is 0. The molecule has 5 heteroatoms. The molecule has 3 N–H and O–H groups in total. The lowest BCUT2D eigenvalue weighted by Gasteiger charge is -1.81. The molecule has 1 aromatic rings. The van der Waals surface area contributed by atoms with Crippen LogP contribution >= 0.6 is 0 Å². The normalized spacial score (nSPS) is 7.30. The van der Waals surface area contributed by atoms with Crippen LogP contribution in [0.15, 0.2) is 18.7 Å². The highest BCUT2D eigenvalue weighted by Gasteiger charge is 1.76. The molecule has 10 heavy (non-hydrogen) atoms. The van der Waals surface area contributed by atoms with E-state index in [0.29, 0.717) is 0 Å². The van der Waals surface area contributed by atoms with Gasteiger partial charge in [-0.25, -0.2) is 9.78 Å². The molecule has 0 saturated heterocycles. The molecule has 1 rings (SSSR count). The van der Waals surface area contributed by atoms with Crippen molar-refractivity contribution >= 4 is 6.09 Å². The SMILES string of the molecule is COC(N)=O.c1c[nH]cn1. The Morgan fingerprint density at radius 1 is 1.80 bits per heavy atom. The van der Waals surface area contributed by atoms with Crippen LogP contribution in [0.3, 0.4) is 0 Å². The third kappa shape index (κ3) is 6.48. The van der Waals surface area contributed by atoms with E-state index in [1.165, 1.54) is 7.11 Å². The monoisotopic (exact) mass is 143 g/mol. The highest BCUT2D eigenvalue weighted by molar-refractivity contribution is 5.64. The predicted molar refractivity (Wildman–Crippen MR) is 35.2 cm³/mol. The predicted octanol–water partition coefficient (Wildman–Crippen LogP) is 0.121. The molecule has 0 unspecified atom stereocenters. The molecule has 0 radical (unpaired) electrons. The Bertz CT molecular complexity index is 144. The number of aromatic nitrogens is 2. The summed E-state index contributed by atoms with van der Waals surface area (Å²) in [4.78, 5) is 15.8. The van der Waals surface area contributed by atoms with E-state index < -0.39 is 6.09 Å². The van der Waals surface area contributed by atoms with E-state index in [1.54, 1.807) is 18.7 Å². The summed E-state index contributed by atoms with van der Waals surface area (Å²) < 4.78 is 3.89. The van der Waals surface area contributed by atoms with Gasteiger partial charge in [-0.05, 0) is 0 Å². The van der Waals surface area contributed by atoms with Crippen LogP contribution in [-0.2, 0) is 4.74 Å². The Morgan fingerprint density at radius 2 is 2.40 bits per heavy atom. The molecule has 0 aliphatic heterocycles. The van der Waals surface area contributed by atoms with Crippen molar-refractivity contribution in [2.75, 3.05) is 7.11 Å². The first-order valence-corrected chi connectivity index (χ1v) is 2.53. The lowest BCUT2D eigenvalue weighted by Crippen LogP contribution is -2.08. The van der Waals surface area contributed by atoms with E-state index in [1.807, 2.05) is 0 Å². The number of nitrogens with two attached hydrogens (primary N) is 1. The van der Waals surface area contributed by atoms with Crippen molar-refractivity contribution in [1.82, 2.24) is 9.97 Å². The number of H-pyrrole nitrogens is 1. The fourth-order valence-corrected chi connectivity index (χ4v) is 0.215. The maximum Gasteiger partial charge on any atom is 0.404 e. The molecule has 56 valence electrons. The number of nitrogens with zero attached hydrogens (tertiary/aromatic N) is 1. The van der Waals surface area contributed by atoms with Crippen molar-refractivity contribution in [3.8, 4) is 0 Å². The summed E-state index contributed by atoms with van der Waals surface area (Å²) in [7, 11) is 1.22. The number of amides is 1. The van der Waals surface area contributed by atoms with Crippen LogP contribution in [0, 0.1) is 0 Å². The van der Waals surface area contributed by atoms with Crippen molar-refractivity contribution in [1.29, 1.82) is 0 Å². The molecule has 0 saturated carbocycles. The third-order valence-electron chi connectivity index (χ3n) is 0.607. The maximum atomic E-state index is 9.37. The Morgan fingerprint density at radius 3 is 2.50 bits per heavy atom. The summed E-state index contributed by atoms with van der Waals surface area (Å²) in [6.07, 6.45) is 4.34. The van der Waals surface area contributed by atoms with Gasteiger partial charge in [0.25, 0.3) is 0 Å². The molecule has 1 amide bonds. The smallest absolute Gasteiger partial charge is 0.404 e. The molecule has 0 bridgehead atoms. The molecule has 0 fully saturated rings. The van der Waals surface area contributed by atoms with Crippen LogP contribution in [0.2, 0.25) is 0 Å². The van der Waals surface area contributed by atoms with Gasteiger partial charge in [0.1, 0.15) is 0 Å². The van der Waals surface area contributed by atoms with Crippen LogP contribution in [0.25, 0.3) is 0 Å². The topological polar surface area (TPSA) is 81.0 Å². The molecule has 0 aliphatic carbocycles.